The van der Waals surface area contributed by atoms with E-state index in [-0.39, 0.29) is 22.8 Å². The number of hydrogen-bond acceptors (Lipinski definition) is 3. The number of rotatable bonds is 4. The topological polar surface area (TPSA) is 49.7 Å². The van der Waals surface area contributed by atoms with E-state index in [4.69, 9.17) is 0 Å². The summed E-state index contributed by atoms with van der Waals surface area (Å²) in [7, 11) is -2.60. The molecule has 3 saturated carbocycles. The van der Waals surface area contributed by atoms with Crippen molar-refractivity contribution >= 4 is 26.7 Å². The fraction of sp³-hybridized carbons (Fsp3) is 0.636. The van der Waals surface area contributed by atoms with Gasteiger partial charge in [-0.15, -0.1) is 19.7 Å². The molecule has 0 radical (unpaired) electrons. The van der Waals surface area contributed by atoms with Crippen molar-refractivity contribution in [1.29, 1.82) is 0 Å². The summed E-state index contributed by atoms with van der Waals surface area (Å²) < 4.78 is 22.2. The first-order valence-corrected chi connectivity index (χ1v) is 20.5. The third kappa shape index (κ3) is 14.8. The highest BCUT2D eigenvalue weighted by Crippen LogP contribution is 2.67. The first kappa shape index (κ1) is 52.1. The maximum atomic E-state index is 11.8. The van der Waals surface area contributed by atoms with E-state index in [1.165, 1.54) is 30.4 Å². The molecule has 288 valence electrons. The van der Waals surface area contributed by atoms with Crippen LogP contribution in [0.1, 0.15) is 140 Å². The summed E-state index contributed by atoms with van der Waals surface area (Å²) in [5, 5.41) is 11.1. The molecule has 5 rings (SSSR count). The number of carbonyl (C=O) groups is 1. The van der Waals surface area contributed by atoms with Crippen LogP contribution in [-0.2, 0) is 4.79 Å². The van der Waals surface area contributed by atoms with Gasteiger partial charge in [0.2, 0.25) is 0 Å². The number of aryl methyl sites for hydroxylation is 1. The molecular weight excluding hydrogens is 643 g/mol. The number of benzene rings is 1. The first-order chi connectivity index (χ1) is 23.8. The van der Waals surface area contributed by atoms with E-state index in [1.54, 1.807) is 13.0 Å². The third-order valence-electron chi connectivity index (χ3n) is 9.79. The van der Waals surface area contributed by atoms with Gasteiger partial charge in [0.1, 0.15) is 0 Å². The lowest BCUT2D eigenvalue weighted by Crippen LogP contribution is -2.53. The highest BCUT2D eigenvalue weighted by atomic mass is 31.2. The van der Waals surface area contributed by atoms with E-state index >= 15 is 0 Å². The minimum absolute atomic E-state index is 0.0261. The molecule has 6 atom stereocenters. The van der Waals surface area contributed by atoms with Crippen LogP contribution in [0.3, 0.4) is 0 Å². The number of ketones is 1. The van der Waals surface area contributed by atoms with E-state index in [0.717, 1.165) is 37.8 Å². The van der Waals surface area contributed by atoms with Gasteiger partial charge in [-0.3, -0.25) is 9.79 Å². The SMILES string of the molecule is C=C.C=C[C@@]1(O)CCC2C3CCC4=CC(=O)C=CC4(C)C3CCC21C.C=Nc1ccccc1C.CC.CC.CCC.CCC.CCCP(F)F. The molecule has 3 fully saturated rings. The van der Waals surface area contributed by atoms with Gasteiger partial charge in [0, 0.05) is 17.0 Å². The molecule has 1 aromatic carbocycles. The zero-order valence-electron chi connectivity index (χ0n) is 34.3. The number of aliphatic hydroxyl groups is 1. The number of para-hydroxylation sites is 1. The predicted octanol–water partition coefficient (Wildman–Crippen LogP) is 14.9. The second-order valence-corrected chi connectivity index (χ2v) is 14.2. The van der Waals surface area contributed by atoms with Crippen LogP contribution in [0.4, 0.5) is 14.1 Å². The normalized spacial score (nSPS) is 27.6. The maximum Gasteiger partial charge on any atom is 0.266 e. The van der Waals surface area contributed by atoms with Gasteiger partial charge < -0.3 is 5.11 Å². The molecule has 0 aliphatic heterocycles. The molecular formula is C44H76F2NO2P. The molecule has 1 aromatic rings. The van der Waals surface area contributed by atoms with Crippen molar-refractivity contribution in [2.45, 2.75) is 146 Å². The highest BCUT2D eigenvalue weighted by Gasteiger charge is 2.62. The van der Waals surface area contributed by atoms with Crippen molar-refractivity contribution < 1.29 is 18.3 Å². The smallest absolute Gasteiger partial charge is 0.266 e. The number of halogens is 2. The Morgan fingerprint density at radius 3 is 1.88 bits per heavy atom. The van der Waals surface area contributed by atoms with Crippen LogP contribution in [0.25, 0.3) is 0 Å². The minimum atomic E-state index is -2.60. The Morgan fingerprint density at radius 1 is 0.940 bits per heavy atom. The van der Waals surface area contributed by atoms with Crippen LogP contribution in [0.5, 0.6) is 0 Å². The van der Waals surface area contributed by atoms with E-state index in [1.807, 2.05) is 71.0 Å². The molecule has 6 heteroatoms. The highest BCUT2D eigenvalue weighted by molar-refractivity contribution is 7.46. The van der Waals surface area contributed by atoms with Crippen molar-refractivity contribution in [1.82, 2.24) is 0 Å². The predicted molar refractivity (Wildman–Crippen MR) is 222 cm³/mol. The number of nitrogens with zero attached hydrogens (tertiary/aromatic N) is 1. The van der Waals surface area contributed by atoms with E-state index < -0.39 is 14.1 Å². The molecule has 0 bridgehead atoms. The largest absolute Gasteiger partial charge is 0.385 e. The van der Waals surface area contributed by atoms with Crippen molar-refractivity contribution in [3.05, 3.63) is 79.4 Å². The standard InChI is InChI=1S/C21H28O2.C8H9N.C3H7F2P.2C3H8.2C2H6.C2H4/c1-4-21(23)12-9-18-16-6-5-14-13-15(22)7-10-19(14,2)17(16)8-11-20(18,21)3;1-7-5-3-4-6-8(7)9-2;1-2-3-6(4)5;2*1-3-2;3*1-2/h4,7,10,13,16-18,23H,1,5-6,8-9,11-12H2,2-3H3;3-6H,2H2,1H3;2-3H2,1H3;2*3H2,1-2H3;2*1-2H3;1-2H2/t16?,17?,18?,19?,20?,21-;;;;;;;/m1......./s1. The minimum Gasteiger partial charge on any atom is -0.385 e. The number of allylic oxidation sites excluding steroid dienone is 4. The summed E-state index contributed by atoms with van der Waals surface area (Å²) in [6, 6.07) is 7.91. The average Bonchev–Trinajstić information content (AvgIpc) is 3.39. The molecule has 50 heavy (non-hydrogen) atoms. The number of aliphatic imine (C=N–C) groups is 1. The lowest BCUT2D eigenvalue weighted by atomic mass is 9.47. The van der Waals surface area contributed by atoms with Crippen LogP contribution in [0.2, 0.25) is 0 Å². The second-order valence-electron chi connectivity index (χ2n) is 13.1. The summed E-state index contributed by atoms with van der Waals surface area (Å²) in [5.41, 5.74) is 2.81. The van der Waals surface area contributed by atoms with Crippen molar-refractivity contribution in [2.24, 2.45) is 33.6 Å². The molecule has 3 nitrogen and oxygen atoms in total. The first-order valence-electron chi connectivity index (χ1n) is 19.2. The number of carbonyl (C=O) groups excluding carboxylic acids is 1. The van der Waals surface area contributed by atoms with Crippen LogP contribution in [0, 0.1) is 35.5 Å². The Labute approximate surface area is 309 Å². The molecule has 4 aliphatic carbocycles. The lowest BCUT2D eigenvalue weighted by Gasteiger charge is -2.57. The van der Waals surface area contributed by atoms with Gasteiger partial charge in [-0.1, -0.05) is 125 Å². The maximum absolute atomic E-state index is 11.8. The van der Waals surface area contributed by atoms with Crippen LogP contribution < -0.4 is 0 Å². The molecule has 1 N–H and O–H groups in total. The van der Waals surface area contributed by atoms with Gasteiger partial charge in [-0.2, -0.15) is 8.39 Å². The zero-order valence-corrected chi connectivity index (χ0v) is 35.2. The van der Waals surface area contributed by atoms with E-state index in [2.05, 4.69) is 79.1 Å². The second kappa shape index (κ2) is 28.4. The Morgan fingerprint density at radius 2 is 1.46 bits per heavy atom. The Kier molecular flexibility index (Phi) is 29.6. The molecule has 4 aliphatic rings. The molecule has 5 unspecified atom stereocenters. The quantitative estimate of drug-likeness (QED) is 0.191. The van der Waals surface area contributed by atoms with Crippen LogP contribution in [-0.4, -0.2) is 29.4 Å². The fourth-order valence-corrected chi connectivity index (χ4v) is 7.83. The van der Waals surface area contributed by atoms with Crippen LogP contribution >= 0.6 is 8.54 Å². The van der Waals surface area contributed by atoms with Gasteiger partial charge in [-0.05, 0) is 100 Å². The Bertz CT molecular complexity index is 1130. The van der Waals surface area contributed by atoms with E-state index in [9.17, 15) is 18.3 Å². The molecule has 0 aromatic heterocycles. The summed E-state index contributed by atoms with van der Waals surface area (Å²) in [4.78, 5) is 15.6. The summed E-state index contributed by atoms with van der Waals surface area (Å²) >= 11 is 0. The molecule has 0 heterocycles. The lowest BCUT2D eigenvalue weighted by molar-refractivity contribution is -0.111. The van der Waals surface area contributed by atoms with Gasteiger partial charge in [-0.25, -0.2) is 0 Å². The van der Waals surface area contributed by atoms with Crippen molar-refractivity contribution in [3.63, 3.8) is 0 Å². The van der Waals surface area contributed by atoms with E-state index in [0.29, 0.717) is 24.2 Å². The number of hydrogen-bond donors (Lipinski definition) is 1. The summed E-state index contributed by atoms with van der Waals surface area (Å²) in [6.45, 7) is 38.3. The molecule has 0 amide bonds. The summed E-state index contributed by atoms with van der Waals surface area (Å²) in [6.07, 6.45) is 17.2. The average molecular weight is 720 g/mol. The number of fused-ring (bicyclic) bond motifs is 5. The van der Waals surface area contributed by atoms with Gasteiger partial charge in [0.15, 0.2) is 5.78 Å². The van der Waals surface area contributed by atoms with Crippen molar-refractivity contribution in [3.8, 4) is 0 Å². The third-order valence-corrected chi connectivity index (χ3v) is 10.6. The fourth-order valence-electron chi connectivity index (χ4n) is 7.49. The van der Waals surface area contributed by atoms with Crippen molar-refractivity contribution in [2.75, 3.05) is 6.16 Å². The molecule has 0 spiro atoms. The van der Waals surface area contributed by atoms with Gasteiger partial charge >= 0.3 is 0 Å². The molecule has 0 saturated heterocycles. The van der Waals surface area contributed by atoms with Crippen LogP contribution in [0.15, 0.2) is 78.9 Å². The summed E-state index contributed by atoms with van der Waals surface area (Å²) in [5.74, 6) is 1.99. The Hall–Kier alpha value is -2.23. The van der Waals surface area contributed by atoms with Gasteiger partial charge in [0.05, 0.1) is 11.3 Å². The Balaban J connectivity index is -0.000000679. The monoisotopic (exact) mass is 720 g/mol. The zero-order chi connectivity index (χ0) is 39.6. The van der Waals surface area contributed by atoms with Gasteiger partial charge in [0.25, 0.3) is 8.54 Å².